The number of rotatable bonds is 2. The highest BCUT2D eigenvalue weighted by Crippen LogP contribution is 2.46. The number of hydrogen-bond acceptors (Lipinski definition) is 5. The molecule has 6 nitrogen and oxygen atoms in total. The molecular weight excluding hydrogens is 326 g/mol. The molecule has 130 valence electrons. The summed E-state index contributed by atoms with van der Waals surface area (Å²) in [6.07, 6.45) is 6.83. The molecule has 0 N–H and O–H groups in total. The van der Waals surface area contributed by atoms with Crippen LogP contribution in [0.25, 0.3) is 11.1 Å². The normalized spacial score (nSPS) is 15.2. The van der Waals surface area contributed by atoms with Gasteiger partial charge in [-0.1, -0.05) is 12.1 Å². The van der Waals surface area contributed by atoms with E-state index in [-0.39, 0.29) is 5.91 Å². The molecule has 0 radical (unpaired) electrons. The Bertz CT molecular complexity index is 1010. The molecule has 1 amide bonds. The Balaban J connectivity index is 1.91. The first-order valence-electron chi connectivity index (χ1n) is 8.45. The van der Waals surface area contributed by atoms with E-state index in [9.17, 15) is 4.79 Å². The van der Waals surface area contributed by atoms with E-state index in [1.807, 2.05) is 45.9 Å². The average Bonchev–Trinajstić information content (AvgIpc) is 2.82. The van der Waals surface area contributed by atoms with Crippen molar-refractivity contribution in [3.8, 4) is 11.1 Å². The van der Waals surface area contributed by atoms with Crippen LogP contribution in [0.3, 0.4) is 0 Å². The molecule has 0 saturated heterocycles. The molecule has 26 heavy (non-hydrogen) atoms. The predicted molar refractivity (Wildman–Crippen MR) is 99.1 cm³/mol. The summed E-state index contributed by atoms with van der Waals surface area (Å²) in [7, 11) is 0. The minimum atomic E-state index is -0.623. The van der Waals surface area contributed by atoms with Crippen molar-refractivity contribution >= 4 is 17.4 Å². The van der Waals surface area contributed by atoms with Crippen molar-refractivity contribution in [3.05, 3.63) is 60.1 Å². The van der Waals surface area contributed by atoms with Crippen molar-refractivity contribution in [2.24, 2.45) is 0 Å². The fourth-order valence-electron chi connectivity index (χ4n) is 3.30. The van der Waals surface area contributed by atoms with Crippen molar-refractivity contribution in [1.29, 1.82) is 0 Å². The molecule has 0 spiro atoms. The Morgan fingerprint density at radius 1 is 0.923 bits per heavy atom. The van der Waals surface area contributed by atoms with E-state index in [1.54, 1.807) is 29.7 Å². The van der Waals surface area contributed by atoms with Crippen LogP contribution in [0, 0.1) is 13.8 Å². The quantitative estimate of drug-likeness (QED) is 0.711. The third-order valence-corrected chi connectivity index (χ3v) is 4.83. The van der Waals surface area contributed by atoms with E-state index >= 15 is 0 Å². The predicted octanol–water partition coefficient (Wildman–Crippen LogP) is 3.51. The minimum Gasteiger partial charge on any atom is -0.273 e. The summed E-state index contributed by atoms with van der Waals surface area (Å²) in [6, 6.07) is 6.02. The largest absolute Gasteiger partial charge is 0.273 e. The monoisotopic (exact) mass is 345 g/mol. The first-order valence-corrected chi connectivity index (χ1v) is 8.45. The second kappa shape index (κ2) is 5.69. The second-order valence-electron chi connectivity index (χ2n) is 6.98. The molecule has 0 bridgehead atoms. The van der Waals surface area contributed by atoms with Crippen molar-refractivity contribution < 1.29 is 4.79 Å². The van der Waals surface area contributed by atoms with Gasteiger partial charge in [-0.15, -0.1) is 0 Å². The summed E-state index contributed by atoms with van der Waals surface area (Å²) in [6.45, 7) is 7.59. The number of nitrogens with zero attached hydrogens (tertiary/aromatic N) is 5. The van der Waals surface area contributed by atoms with Gasteiger partial charge in [0.2, 0.25) is 5.91 Å². The number of carbonyl (C=O) groups is 1. The minimum absolute atomic E-state index is 0.00611. The lowest BCUT2D eigenvalue weighted by Gasteiger charge is -2.20. The lowest BCUT2D eigenvalue weighted by Crippen LogP contribution is -2.34. The van der Waals surface area contributed by atoms with Crippen molar-refractivity contribution in [1.82, 2.24) is 19.9 Å². The van der Waals surface area contributed by atoms with Crippen LogP contribution in [0.15, 0.2) is 43.0 Å². The Morgan fingerprint density at radius 3 is 2.31 bits per heavy atom. The molecular formula is C20H19N5O. The third kappa shape index (κ3) is 2.37. The summed E-state index contributed by atoms with van der Waals surface area (Å²) >= 11 is 0. The number of benzene rings is 1. The molecule has 2 aromatic heterocycles. The van der Waals surface area contributed by atoms with Crippen LogP contribution < -0.4 is 4.90 Å². The first kappa shape index (κ1) is 16.3. The molecule has 1 aromatic carbocycles. The van der Waals surface area contributed by atoms with Gasteiger partial charge >= 0.3 is 0 Å². The van der Waals surface area contributed by atoms with E-state index < -0.39 is 5.41 Å². The Hall–Kier alpha value is -3.15. The summed E-state index contributed by atoms with van der Waals surface area (Å²) in [5.41, 5.74) is 3.77. The molecule has 6 heteroatoms. The maximum Gasteiger partial charge on any atom is 0.242 e. The highest BCUT2D eigenvalue weighted by Gasteiger charge is 2.45. The lowest BCUT2D eigenvalue weighted by molar-refractivity contribution is -0.121. The lowest BCUT2D eigenvalue weighted by atomic mass is 9.85. The van der Waals surface area contributed by atoms with E-state index in [2.05, 4.69) is 19.9 Å². The van der Waals surface area contributed by atoms with E-state index in [4.69, 9.17) is 0 Å². The van der Waals surface area contributed by atoms with Crippen LogP contribution in [0.2, 0.25) is 0 Å². The van der Waals surface area contributed by atoms with E-state index in [1.165, 1.54) is 0 Å². The molecule has 3 aromatic rings. The number of aromatic nitrogens is 4. The van der Waals surface area contributed by atoms with Crippen LogP contribution in [-0.4, -0.2) is 25.8 Å². The van der Waals surface area contributed by atoms with Crippen molar-refractivity contribution in [2.45, 2.75) is 33.1 Å². The number of fused-ring (bicyclic) bond motifs is 1. The first-order chi connectivity index (χ1) is 12.4. The summed E-state index contributed by atoms with van der Waals surface area (Å²) in [5, 5.41) is 0. The molecule has 3 heterocycles. The topological polar surface area (TPSA) is 71.9 Å². The number of anilines is 2. The van der Waals surface area contributed by atoms with Gasteiger partial charge in [0.15, 0.2) is 5.82 Å². The highest BCUT2D eigenvalue weighted by molar-refractivity contribution is 6.12. The van der Waals surface area contributed by atoms with Gasteiger partial charge < -0.3 is 0 Å². The molecule has 1 aliphatic heterocycles. The zero-order valence-electron chi connectivity index (χ0n) is 15.2. The molecule has 4 rings (SSSR count). The van der Waals surface area contributed by atoms with Gasteiger partial charge in [-0.05, 0) is 44.9 Å². The highest BCUT2D eigenvalue weighted by atomic mass is 16.2. The van der Waals surface area contributed by atoms with Gasteiger partial charge in [-0.3, -0.25) is 14.7 Å². The number of amides is 1. The fraction of sp³-hybridized carbons (Fsp3) is 0.250. The summed E-state index contributed by atoms with van der Waals surface area (Å²) in [5.74, 6) is 1.29. The van der Waals surface area contributed by atoms with Gasteiger partial charge in [0, 0.05) is 30.4 Å². The zero-order chi connectivity index (χ0) is 18.5. The van der Waals surface area contributed by atoms with Gasteiger partial charge in [0.25, 0.3) is 0 Å². The Labute approximate surface area is 152 Å². The summed E-state index contributed by atoms with van der Waals surface area (Å²) in [4.78, 5) is 32.1. The fourth-order valence-corrected chi connectivity index (χ4v) is 3.30. The van der Waals surface area contributed by atoms with Gasteiger partial charge in [0.05, 0.1) is 16.8 Å². The molecule has 0 saturated carbocycles. The zero-order valence-corrected chi connectivity index (χ0v) is 15.2. The summed E-state index contributed by atoms with van der Waals surface area (Å²) < 4.78 is 0. The van der Waals surface area contributed by atoms with Crippen LogP contribution >= 0.6 is 0 Å². The van der Waals surface area contributed by atoms with Crippen LogP contribution in [0.5, 0.6) is 0 Å². The third-order valence-electron chi connectivity index (χ3n) is 4.83. The number of aryl methyl sites for hydroxylation is 2. The molecule has 0 aliphatic carbocycles. The molecule has 1 aliphatic rings. The maximum atomic E-state index is 13.2. The van der Waals surface area contributed by atoms with Gasteiger partial charge in [0.1, 0.15) is 5.82 Å². The Morgan fingerprint density at radius 2 is 1.62 bits per heavy atom. The molecule has 0 unspecified atom stereocenters. The molecule has 0 fully saturated rings. The Kier molecular flexibility index (Phi) is 3.57. The smallest absolute Gasteiger partial charge is 0.242 e. The molecule has 0 atom stereocenters. The SMILES string of the molecule is Cc1ncc(-c2ccc3c(c2)N(c2nccnc2C)C(=O)C3(C)C)cn1. The van der Waals surface area contributed by atoms with Crippen molar-refractivity contribution in [3.63, 3.8) is 0 Å². The van der Waals surface area contributed by atoms with Crippen LogP contribution in [0.4, 0.5) is 11.5 Å². The second-order valence-corrected chi connectivity index (χ2v) is 6.98. The van der Waals surface area contributed by atoms with Gasteiger partial charge in [-0.25, -0.2) is 15.0 Å². The average molecular weight is 345 g/mol. The van der Waals surface area contributed by atoms with E-state index in [0.29, 0.717) is 11.5 Å². The number of carbonyl (C=O) groups excluding carboxylic acids is 1. The van der Waals surface area contributed by atoms with Crippen LogP contribution in [0.1, 0.15) is 30.9 Å². The van der Waals surface area contributed by atoms with Crippen molar-refractivity contribution in [2.75, 3.05) is 4.90 Å². The standard InChI is InChI=1S/C20H19N5O/c1-12-18(22-8-7-21-12)25-17-9-14(15-10-23-13(2)24-11-15)5-6-16(17)20(3,4)19(25)26/h5-11H,1-4H3. The number of hydrogen-bond donors (Lipinski definition) is 0. The maximum absolute atomic E-state index is 13.2. The van der Waals surface area contributed by atoms with E-state index in [0.717, 1.165) is 28.2 Å². The van der Waals surface area contributed by atoms with Gasteiger partial charge in [-0.2, -0.15) is 0 Å². The van der Waals surface area contributed by atoms with Crippen LogP contribution in [-0.2, 0) is 10.2 Å².